The van der Waals surface area contributed by atoms with Gasteiger partial charge in [0.1, 0.15) is 11.5 Å². The van der Waals surface area contributed by atoms with Gasteiger partial charge in [-0.3, -0.25) is 9.59 Å². The molecular weight excluding hydrogens is 414 g/mol. The molecule has 3 aromatic rings. The Bertz CT molecular complexity index is 1220. The standard InChI is InChI=1S/C28H27NO4/c1-2-18-9-11-20(12-10-18)25-24(27(31)28(32)29(25)17-23-8-5-15-33-23)26(30)22-14-13-19-6-3-4-7-21(19)16-22/h5,8-16,25,30H,2-4,6-7,17H2,1H3/b26-24-. The number of fused-ring (bicyclic) bond motifs is 1. The molecule has 0 radical (unpaired) electrons. The first-order chi connectivity index (χ1) is 16.1. The normalized spacial score (nSPS) is 19.7. The minimum Gasteiger partial charge on any atom is -0.507 e. The van der Waals surface area contributed by atoms with E-state index in [0.29, 0.717) is 11.3 Å². The zero-order valence-corrected chi connectivity index (χ0v) is 18.7. The van der Waals surface area contributed by atoms with Crippen molar-refractivity contribution in [3.8, 4) is 0 Å². The minimum absolute atomic E-state index is 0.117. The zero-order valence-electron chi connectivity index (χ0n) is 18.7. The van der Waals surface area contributed by atoms with Gasteiger partial charge in [0.25, 0.3) is 11.7 Å². The molecule has 1 N–H and O–H groups in total. The summed E-state index contributed by atoms with van der Waals surface area (Å²) in [5.41, 5.74) is 5.17. The van der Waals surface area contributed by atoms with Crippen molar-refractivity contribution in [2.24, 2.45) is 0 Å². The molecule has 1 aliphatic carbocycles. The molecule has 5 rings (SSSR count). The smallest absolute Gasteiger partial charge is 0.296 e. The molecule has 1 fully saturated rings. The molecule has 2 aliphatic rings. The van der Waals surface area contributed by atoms with Crippen molar-refractivity contribution in [1.29, 1.82) is 0 Å². The van der Waals surface area contributed by atoms with Crippen LogP contribution in [0.25, 0.3) is 5.76 Å². The van der Waals surface area contributed by atoms with Crippen LogP contribution in [0.4, 0.5) is 0 Å². The first-order valence-corrected chi connectivity index (χ1v) is 11.6. The lowest BCUT2D eigenvalue weighted by Gasteiger charge is -2.25. The van der Waals surface area contributed by atoms with Crippen molar-refractivity contribution < 1.29 is 19.1 Å². The van der Waals surface area contributed by atoms with Gasteiger partial charge < -0.3 is 14.4 Å². The van der Waals surface area contributed by atoms with Gasteiger partial charge >= 0.3 is 0 Å². The second-order valence-corrected chi connectivity index (χ2v) is 8.79. The van der Waals surface area contributed by atoms with Gasteiger partial charge in [0.2, 0.25) is 0 Å². The molecule has 0 bridgehead atoms. The van der Waals surface area contributed by atoms with E-state index in [-0.39, 0.29) is 17.9 Å². The number of Topliss-reactive ketones (excluding diaryl/α,β-unsaturated/α-hetero) is 1. The Balaban J connectivity index is 1.62. The topological polar surface area (TPSA) is 70.8 Å². The molecule has 5 nitrogen and oxygen atoms in total. The Morgan fingerprint density at radius 3 is 2.48 bits per heavy atom. The van der Waals surface area contributed by atoms with Crippen LogP contribution in [0.1, 0.15) is 59.4 Å². The van der Waals surface area contributed by atoms with Crippen molar-refractivity contribution >= 4 is 17.4 Å². The van der Waals surface area contributed by atoms with Crippen LogP contribution in [-0.4, -0.2) is 21.7 Å². The van der Waals surface area contributed by atoms with E-state index in [4.69, 9.17) is 4.42 Å². The highest BCUT2D eigenvalue weighted by Crippen LogP contribution is 2.40. The first-order valence-electron chi connectivity index (χ1n) is 11.6. The Morgan fingerprint density at radius 1 is 1.03 bits per heavy atom. The van der Waals surface area contributed by atoms with Crippen molar-refractivity contribution in [3.63, 3.8) is 0 Å². The zero-order chi connectivity index (χ0) is 22.9. The molecule has 1 unspecified atom stereocenters. The maximum atomic E-state index is 13.2. The molecule has 2 aromatic carbocycles. The van der Waals surface area contributed by atoms with Gasteiger partial charge in [-0.1, -0.05) is 43.3 Å². The third-order valence-electron chi connectivity index (χ3n) is 6.77. The number of carbonyl (C=O) groups is 2. The molecule has 0 saturated carbocycles. The number of aryl methyl sites for hydroxylation is 3. The van der Waals surface area contributed by atoms with E-state index in [2.05, 4.69) is 6.92 Å². The predicted octanol–water partition coefficient (Wildman–Crippen LogP) is 5.34. The van der Waals surface area contributed by atoms with Crippen LogP contribution in [0.2, 0.25) is 0 Å². The lowest BCUT2D eigenvalue weighted by atomic mass is 9.88. The molecule has 33 heavy (non-hydrogen) atoms. The summed E-state index contributed by atoms with van der Waals surface area (Å²) in [6.07, 6.45) is 6.73. The molecule has 1 aromatic heterocycles. The molecule has 5 heteroatoms. The lowest BCUT2D eigenvalue weighted by molar-refractivity contribution is -0.140. The number of rotatable bonds is 5. The van der Waals surface area contributed by atoms with E-state index >= 15 is 0 Å². The van der Waals surface area contributed by atoms with Gasteiger partial charge in [-0.25, -0.2) is 0 Å². The Labute approximate surface area is 193 Å². The van der Waals surface area contributed by atoms with E-state index < -0.39 is 17.7 Å². The number of aliphatic hydroxyl groups excluding tert-OH is 1. The number of benzene rings is 2. The van der Waals surface area contributed by atoms with Gasteiger partial charge in [0.15, 0.2) is 0 Å². The lowest BCUT2D eigenvalue weighted by Crippen LogP contribution is -2.29. The Morgan fingerprint density at radius 2 is 1.79 bits per heavy atom. The second-order valence-electron chi connectivity index (χ2n) is 8.79. The molecule has 0 spiro atoms. The number of hydrogen-bond donors (Lipinski definition) is 1. The highest BCUT2D eigenvalue weighted by Gasteiger charge is 2.46. The van der Waals surface area contributed by atoms with Gasteiger partial charge in [-0.05, 0) is 72.6 Å². The van der Waals surface area contributed by atoms with Crippen LogP contribution in [0, 0.1) is 0 Å². The fraction of sp³-hybridized carbons (Fsp3) is 0.286. The van der Waals surface area contributed by atoms with Crippen molar-refractivity contribution in [2.75, 3.05) is 0 Å². The summed E-state index contributed by atoms with van der Waals surface area (Å²) in [7, 11) is 0. The van der Waals surface area contributed by atoms with Gasteiger partial charge in [-0.2, -0.15) is 0 Å². The molecule has 2 heterocycles. The van der Waals surface area contributed by atoms with Crippen LogP contribution in [-0.2, 0) is 35.4 Å². The van der Waals surface area contributed by atoms with Gasteiger partial charge in [0.05, 0.1) is 24.4 Å². The number of ketones is 1. The fourth-order valence-electron chi connectivity index (χ4n) is 4.93. The van der Waals surface area contributed by atoms with E-state index in [1.54, 1.807) is 18.4 Å². The number of amides is 1. The van der Waals surface area contributed by atoms with Crippen LogP contribution in [0.5, 0.6) is 0 Å². The highest BCUT2D eigenvalue weighted by atomic mass is 16.3. The quantitative estimate of drug-likeness (QED) is 0.329. The predicted molar refractivity (Wildman–Crippen MR) is 125 cm³/mol. The number of nitrogens with zero attached hydrogens (tertiary/aromatic N) is 1. The monoisotopic (exact) mass is 441 g/mol. The van der Waals surface area contributed by atoms with Crippen LogP contribution in [0.15, 0.2) is 70.9 Å². The number of furan rings is 1. The van der Waals surface area contributed by atoms with Crippen molar-refractivity contribution in [3.05, 3.63) is 100 Å². The molecule has 1 saturated heterocycles. The first kappa shape index (κ1) is 21.3. The second kappa shape index (κ2) is 8.74. The van der Waals surface area contributed by atoms with Crippen LogP contribution >= 0.6 is 0 Å². The van der Waals surface area contributed by atoms with E-state index in [1.165, 1.54) is 22.4 Å². The largest absolute Gasteiger partial charge is 0.507 e. The molecule has 1 amide bonds. The maximum Gasteiger partial charge on any atom is 0.296 e. The van der Waals surface area contributed by atoms with E-state index in [1.807, 2.05) is 42.5 Å². The van der Waals surface area contributed by atoms with Crippen LogP contribution < -0.4 is 0 Å². The average Bonchev–Trinajstić information content (AvgIpc) is 3.46. The third kappa shape index (κ3) is 3.88. The van der Waals surface area contributed by atoms with Crippen LogP contribution in [0.3, 0.4) is 0 Å². The van der Waals surface area contributed by atoms with E-state index in [0.717, 1.165) is 36.8 Å². The summed E-state index contributed by atoms with van der Waals surface area (Å²) in [6, 6.07) is 16.6. The average molecular weight is 442 g/mol. The number of likely N-dealkylation sites (tertiary alicyclic amines) is 1. The molecule has 168 valence electrons. The fourth-order valence-corrected chi connectivity index (χ4v) is 4.93. The Hall–Kier alpha value is -3.60. The third-order valence-corrected chi connectivity index (χ3v) is 6.77. The number of aliphatic hydroxyl groups is 1. The van der Waals surface area contributed by atoms with Crippen molar-refractivity contribution in [1.82, 2.24) is 4.90 Å². The van der Waals surface area contributed by atoms with Gasteiger partial charge in [0, 0.05) is 5.56 Å². The number of hydrogen-bond acceptors (Lipinski definition) is 4. The highest BCUT2D eigenvalue weighted by molar-refractivity contribution is 6.46. The maximum absolute atomic E-state index is 13.2. The minimum atomic E-state index is -0.683. The summed E-state index contributed by atoms with van der Waals surface area (Å²) in [5, 5.41) is 11.3. The summed E-state index contributed by atoms with van der Waals surface area (Å²) >= 11 is 0. The summed E-state index contributed by atoms with van der Waals surface area (Å²) in [5.74, 6) is -0.828. The summed E-state index contributed by atoms with van der Waals surface area (Å²) in [4.78, 5) is 27.8. The SMILES string of the molecule is CCc1ccc(C2/C(=C(/O)c3ccc4c(c3)CCCC4)C(=O)C(=O)N2Cc2ccco2)cc1. The number of carbonyl (C=O) groups excluding carboxylic acids is 2. The van der Waals surface area contributed by atoms with Crippen molar-refractivity contribution in [2.45, 2.75) is 51.6 Å². The molecule has 1 atom stereocenters. The van der Waals surface area contributed by atoms with Gasteiger partial charge in [-0.15, -0.1) is 0 Å². The molecule has 1 aliphatic heterocycles. The summed E-state index contributed by atoms with van der Waals surface area (Å²) < 4.78 is 5.46. The summed E-state index contributed by atoms with van der Waals surface area (Å²) in [6.45, 7) is 2.23. The molecular formula is C28H27NO4. The van der Waals surface area contributed by atoms with E-state index in [9.17, 15) is 14.7 Å². The Kier molecular flexibility index (Phi) is 5.63.